The summed E-state index contributed by atoms with van der Waals surface area (Å²) in [6.45, 7) is 6.42. The lowest BCUT2D eigenvalue weighted by Crippen LogP contribution is -2.46. The fraction of sp³-hybridized carbons (Fsp3) is 0.261. The van der Waals surface area contributed by atoms with Crippen LogP contribution in [0, 0.1) is 0 Å². The molecule has 1 saturated heterocycles. The molecule has 0 unspecified atom stereocenters. The minimum Gasteiger partial charge on any atom is -0.354 e. The Labute approximate surface area is 171 Å². The lowest BCUT2D eigenvalue weighted by Gasteiger charge is -2.35. The van der Waals surface area contributed by atoms with Gasteiger partial charge in [-0.25, -0.2) is 4.98 Å². The van der Waals surface area contributed by atoms with Crippen LogP contribution in [-0.4, -0.2) is 46.8 Å². The SMILES string of the molecule is CC(=O)c1cccc(Nc2nccc(N3CCN(Cc4ccccc4)CC3)n2)c1. The molecule has 1 N–H and O–H groups in total. The van der Waals surface area contributed by atoms with E-state index in [9.17, 15) is 4.79 Å². The summed E-state index contributed by atoms with van der Waals surface area (Å²) >= 11 is 0. The van der Waals surface area contributed by atoms with Gasteiger partial charge in [0.05, 0.1) is 0 Å². The average Bonchev–Trinajstić information content (AvgIpc) is 2.75. The summed E-state index contributed by atoms with van der Waals surface area (Å²) in [7, 11) is 0. The van der Waals surface area contributed by atoms with Crippen LogP contribution < -0.4 is 10.2 Å². The van der Waals surface area contributed by atoms with Crippen molar-refractivity contribution in [2.75, 3.05) is 36.4 Å². The zero-order valence-corrected chi connectivity index (χ0v) is 16.6. The molecule has 0 saturated carbocycles. The number of Topliss-reactive ketones (excluding diaryl/α,β-unsaturated/α-hetero) is 1. The van der Waals surface area contributed by atoms with Gasteiger partial charge in [-0.3, -0.25) is 9.69 Å². The molecular weight excluding hydrogens is 362 g/mol. The van der Waals surface area contributed by atoms with Gasteiger partial charge in [0, 0.05) is 50.2 Å². The molecule has 148 valence electrons. The minimum atomic E-state index is 0.0386. The quantitative estimate of drug-likeness (QED) is 0.650. The van der Waals surface area contributed by atoms with E-state index in [2.05, 4.69) is 55.4 Å². The van der Waals surface area contributed by atoms with Gasteiger partial charge in [0.1, 0.15) is 5.82 Å². The van der Waals surface area contributed by atoms with Crippen LogP contribution in [0.5, 0.6) is 0 Å². The number of benzene rings is 2. The predicted molar refractivity (Wildman–Crippen MR) is 116 cm³/mol. The second kappa shape index (κ2) is 8.84. The van der Waals surface area contributed by atoms with Crippen LogP contribution in [0.3, 0.4) is 0 Å². The molecular formula is C23H25N5O. The van der Waals surface area contributed by atoms with Crippen LogP contribution in [0.4, 0.5) is 17.5 Å². The number of nitrogens with one attached hydrogen (secondary N) is 1. The van der Waals surface area contributed by atoms with Crippen molar-refractivity contribution in [3.8, 4) is 0 Å². The third-order valence-corrected chi connectivity index (χ3v) is 5.11. The molecule has 1 aliphatic heterocycles. The van der Waals surface area contributed by atoms with Gasteiger partial charge in [-0.15, -0.1) is 0 Å². The zero-order chi connectivity index (χ0) is 20.1. The Bertz CT molecular complexity index is 968. The highest BCUT2D eigenvalue weighted by Crippen LogP contribution is 2.19. The maximum atomic E-state index is 11.6. The van der Waals surface area contributed by atoms with Crippen molar-refractivity contribution >= 4 is 23.2 Å². The Balaban J connectivity index is 1.38. The number of hydrogen-bond donors (Lipinski definition) is 1. The lowest BCUT2D eigenvalue weighted by molar-refractivity contribution is 0.101. The summed E-state index contributed by atoms with van der Waals surface area (Å²) in [4.78, 5) is 25.4. The molecule has 29 heavy (non-hydrogen) atoms. The van der Waals surface area contributed by atoms with E-state index in [0.717, 1.165) is 44.2 Å². The average molecular weight is 387 g/mol. The molecule has 6 nitrogen and oxygen atoms in total. The van der Waals surface area contributed by atoms with Gasteiger partial charge in [0.2, 0.25) is 5.95 Å². The molecule has 0 amide bonds. The Morgan fingerprint density at radius 2 is 1.79 bits per heavy atom. The first kappa shape index (κ1) is 19.1. The van der Waals surface area contributed by atoms with Gasteiger partial charge < -0.3 is 10.2 Å². The summed E-state index contributed by atoms with van der Waals surface area (Å²) in [5.41, 5.74) is 2.82. The highest BCUT2D eigenvalue weighted by molar-refractivity contribution is 5.95. The van der Waals surface area contributed by atoms with Gasteiger partial charge in [-0.1, -0.05) is 42.5 Å². The van der Waals surface area contributed by atoms with Gasteiger partial charge >= 0.3 is 0 Å². The van der Waals surface area contributed by atoms with Crippen LogP contribution in [0.2, 0.25) is 0 Å². The Kier molecular flexibility index (Phi) is 5.81. The summed E-state index contributed by atoms with van der Waals surface area (Å²) < 4.78 is 0. The fourth-order valence-corrected chi connectivity index (χ4v) is 3.51. The number of carbonyl (C=O) groups is 1. The second-order valence-electron chi connectivity index (χ2n) is 7.25. The van der Waals surface area contributed by atoms with E-state index < -0.39 is 0 Å². The van der Waals surface area contributed by atoms with Crippen molar-refractivity contribution in [2.24, 2.45) is 0 Å². The maximum Gasteiger partial charge on any atom is 0.229 e. The number of piperazine rings is 1. The van der Waals surface area contributed by atoms with Crippen LogP contribution in [-0.2, 0) is 6.54 Å². The maximum absolute atomic E-state index is 11.6. The molecule has 2 aromatic carbocycles. The topological polar surface area (TPSA) is 61.4 Å². The number of rotatable bonds is 6. The van der Waals surface area contributed by atoms with E-state index in [4.69, 9.17) is 0 Å². The molecule has 0 radical (unpaired) electrons. The molecule has 6 heteroatoms. The molecule has 0 aliphatic carbocycles. The first-order valence-corrected chi connectivity index (χ1v) is 9.90. The van der Waals surface area contributed by atoms with Crippen molar-refractivity contribution < 1.29 is 4.79 Å². The summed E-state index contributed by atoms with van der Waals surface area (Å²) in [6.07, 6.45) is 1.77. The number of ketones is 1. The summed E-state index contributed by atoms with van der Waals surface area (Å²) in [5, 5.41) is 3.21. The summed E-state index contributed by atoms with van der Waals surface area (Å²) in [6, 6.07) is 19.9. The molecule has 0 atom stereocenters. The van der Waals surface area contributed by atoms with Gasteiger partial charge in [0.15, 0.2) is 5.78 Å². The highest BCUT2D eigenvalue weighted by atomic mass is 16.1. The molecule has 0 spiro atoms. The molecule has 4 rings (SSSR count). The lowest BCUT2D eigenvalue weighted by atomic mass is 10.1. The molecule has 2 heterocycles. The number of aromatic nitrogens is 2. The smallest absolute Gasteiger partial charge is 0.229 e. The zero-order valence-electron chi connectivity index (χ0n) is 16.6. The number of nitrogens with zero attached hydrogens (tertiary/aromatic N) is 4. The van der Waals surface area contributed by atoms with Gasteiger partial charge in [-0.05, 0) is 30.7 Å². The number of anilines is 3. The van der Waals surface area contributed by atoms with Crippen molar-refractivity contribution in [1.29, 1.82) is 0 Å². The monoisotopic (exact) mass is 387 g/mol. The fourth-order valence-electron chi connectivity index (χ4n) is 3.51. The first-order valence-electron chi connectivity index (χ1n) is 9.90. The van der Waals surface area contributed by atoms with Crippen molar-refractivity contribution in [3.05, 3.63) is 78.0 Å². The second-order valence-corrected chi connectivity index (χ2v) is 7.25. The van der Waals surface area contributed by atoms with Crippen LogP contribution in [0.1, 0.15) is 22.8 Å². The molecule has 1 aliphatic rings. The molecule has 1 fully saturated rings. The van der Waals surface area contributed by atoms with Crippen LogP contribution >= 0.6 is 0 Å². The van der Waals surface area contributed by atoms with E-state index >= 15 is 0 Å². The van der Waals surface area contributed by atoms with Gasteiger partial charge in [-0.2, -0.15) is 4.98 Å². The molecule has 0 bridgehead atoms. The Morgan fingerprint density at radius 3 is 2.55 bits per heavy atom. The van der Waals surface area contributed by atoms with E-state index in [0.29, 0.717) is 11.5 Å². The highest BCUT2D eigenvalue weighted by Gasteiger charge is 2.18. The Morgan fingerprint density at radius 1 is 1.00 bits per heavy atom. The largest absolute Gasteiger partial charge is 0.354 e. The van der Waals surface area contributed by atoms with E-state index in [1.54, 1.807) is 19.2 Å². The van der Waals surface area contributed by atoms with Crippen molar-refractivity contribution in [1.82, 2.24) is 14.9 Å². The van der Waals surface area contributed by atoms with Crippen molar-refractivity contribution in [2.45, 2.75) is 13.5 Å². The number of carbonyl (C=O) groups excluding carboxylic acids is 1. The van der Waals surface area contributed by atoms with Crippen LogP contribution in [0.15, 0.2) is 66.9 Å². The van der Waals surface area contributed by atoms with E-state index in [1.807, 2.05) is 24.3 Å². The molecule has 3 aromatic rings. The first-order chi connectivity index (χ1) is 14.2. The standard InChI is InChI=1S/C23H25N5O/c1-18(29)20-8-5-9-21(16-20)25-23-24-11-10-22(26-23)28-14-12-27(13-15-28)17-19-6-3-2-4-7-19/h2-11,16H,12-15,17H2,1H3,(H,24,25,26). The minimum absolute atomic E-state index is 0.0386. The van der Waals surface area contributed by atoms with E-state index in [1.165, 1.54) is 5.56 Å². The third-order valence-electron chi connectivity index (χ3n) is 5.11. The predicted octanol–water partition coefficient (Wildman–Crippen LogP) is 3.75. The van der Waals surface area contributed by atoms with E-state index in [-0.39, 0.29) is 5.78 Å². The summed E-state index contributed by atoms with van der Waals surface area (Å²) in [5.74, 6) is 1.50. The van der Waals surface area contributed by atoms with Gasteiger partial charge in [0.25, 0.3) is 0 Å². The molecule has 1 aromatic heterocycles. The third kappa shape index (κ3) is 4.97. The normalized spacial score (nSPS) is 14.6. The number of hydrogen-bond acceptors (Lipinski definition) is 6. The van der Waals surface area contributed by atoms with Crippen LogP contribution in [0.25, 0.3) is 0 Å². The Hall–Kier alpha value is -3.25. The van der Waals surface area contributed by atoms with Crippen molar-refractivity contribution in [3.63, 3.8) is 0 Å².